The molecule has 1 saturated heterocycles. The van der Waals surface area contributed by atoms with Gasteiger partial charge in [0.15, 0.2) is 0 Å². The van der Waals surface area contributed by atoms with E-state index in [0.717, 1.165) is 25.9 Å². The van der Waals surface area contributed by atoms with E-state index in [4.69, 9.17) is 5.73 Å². The van der Waals surface area contributed by atoms with E-state index >= 15 is 0 Å². The smallest absolute Gasteiger partial charge is 0.223 e. The summed E-state index contributed by atoms with van der Waals surface area (Å²) in [6.07, 6.45) is 7.30. The van der Waals surface area contributed by atoms with Crippen molar-refractivity contribution in [1.29, 1.82) is 0 Å². The molecule has 0 saturated carbocycles. The minimum atomic E-state index is 0.225. The molecule has 0 aromatic carbocycles. The molecule has 0 bridgehead atoms. The quantitative estimate of drug-likeness (QED) is 0.629. The van der Waals surface area contributed by atoms with Crippen molar-refractivity contribution in [1.82, 2.24) is 4.90 Å². The fraction of sp³-hybridized carbons (Fsp3) is 0.700. The number of hydrogen-bond acceptors (Lipinski definition) is 2. The molecule has 1 fully saturated rings. The van der Waals surface area contributed by atoms with Gasteiger partial charge in [0, 0.05) is 25.6 Å². The summed E-state index contributed by atoms with van der Waals surface area (Å²) in [7, 11) is 0. The zero-order valence-electron chi connectivity index (χ0n) is 7.78. The third kappa shape index (κ3) is 1.91. The molecule has 3 nitrogen and oxygen atoms in total. The lowest BCUT2D eigenvalue weighted by Crippen LogP contribution is -2.58. The van der Waals surface area contributed by atoms with Crippen molar-refractivity contribution in [3.63, 3.8) is 0 Å². The fourth-order valence-electron chi connectivity index (χ4n) is 1.94. The van der Waals surface area contributed by atoms with E-state index in [0.29, 0.717) is 12.3 Å². The van der Waals surface area contributed by atoms with E-state index in [1.54, 1.807) is 0 Å². The van der Waals surface area contributed by atoms with Crippen LogP contribution >= 0.6 is 0 Å². The molecule has 1 heterocycles. The van der Waals surface area contributed by atoms with Crippen LogP contribution in [0.25, 0.3) is 0 Å². The Hall–Kier alpha value is -0.830. The monoisotopic (exact) mass is 180 g/mol. The van der Waals surface area contributed by atoms with Crippen LogP contribution in [-0.2, 0) is 4.79 Å². The van der Waals surface area contributed by atoms with Crippen LogP contribution in [0, 0.1) is 5.92 Å². The lowest BCUT2D eigenvalue weighted by molar-refractivity contribution is -0.136. The fourth-order valence-corrected chi connectivity index (χ4v) is 1.94. The van der Waals surface area contributed by atoms with Crippen molar-refractivity contribution < 1.29 is 4.79 Å². The van der Waals surface area contributed by atoms with Gasteiger partial charge in [-0.25, -0.2) is 0 Å². The highest BCUT2D eigenvalue weighted by Gasteiger charge is 2.28. The lowest BCUT2D eigenvalue weighted by Gasteiger charge is -2.37. The molecule has 0 spiro atoms. The van der Waals surface area contributed by atoms with Crippen LogP contribution in [-0.4, -0.2) is 29.9 Å². The Kier molecular flexibility index (Phi) is 2.36. The van der Waals surface area contributed by atoms with Crippen LogP contribution < -0.4 is 5.73 Å². The first kappa shape index (κ1) is 8.75. The van der Waals surface area contributed by atoms with Crippen LogP contribution in [0.1, 0.15) is 19.3 Å². The minimum Gasteiger partial charge on any atom is -0.339 e. The Balaban J connectivity index is 1.75. The number of hydrogen-bond donors (Lipinski definition) is 1. The molecule has 0 aromatic rings. The summed E-state index contributed by atoms with van der Waals surface area (Å²) in [5, 5.41) is 0. The van der Waals surface area contributed by atoms with Gasteiger partial charge < -0.3 is 10.6 Å². The number of amides is 1. The van der Waals surface area contributed by atoms with Gasteiger partial charge >= 0.3 is 0 Å². The molecule has 3 heteroatoms. The van der Waals surface area contributed by atoms with Gasteiger partial charge in [-0.15, -0.1) is 0 Å². The molecule has 1 amide bonds. The predicted octanol–water partition coefficient (Wildman–Crippen LogP) is 0.512. The Morgan fingerprint density at radius 2 is 2.31 bits per heavy atom. The van der Waals surface area contributed by atoms with Gasteiger partial charge in [0.05, 0.1) is 0 Å². The van der Waals surface area contributed by atoms with Crippen molar-refractivity contribution in [2.75, 3.05) is 13.1 Å². The number of nitrogens with zero attached hydrogens (tertiary/aromatic N) is 1. The topological polar surface area (TPSA) is 46.3 Å². The van der Waals surface area contributed by atoms with Crippen molar-refractivity contribution in [3.05, 3.63) is 12.2 Å². The normalized spacial score (nSPS) is 27.8. The van der Waals surface area contributed by atoms with Gasteiger partial charge in [0.1, 0.15) is 0 Å². The van der Waals surface area contributed by atoms with Crippen molar-refractivity contribution in [3.8, 4) is 0 Å². The first-order valence-electron chi connectivity index (χ1n) is 4.95. The number of likely N-dealkylation sites (tertiary alicyclic amines) is 1. The third-order valence-electron chi connectivity index (χ3n) is 2.81. The van der Waals surface area contributed by atoms with E-state index in [1.807, 2.05) is 4.90 Å². The van der Waals surface area contributed by atoms with Gasteiger partial charge in [0.25, 0.3) is 0 Å². The first-order valence-corrected chi connectivity index (χ1v) is 4.95. The second-order valence-electron chi connectivity index (χ2n) is 4.03. The average Bonchev–Trinajstić information content (AvgIpc) is 2.51. The molecule has 0 radical (unpaired) electrons. The molecule has 2 rings (SSSR count). The molecule has 1 atom stereocenters. The number of carbonyl (C=O) groups is 1. The Morgan fingerprint density at radius 1 is 1.54 bits per heavy atom. The second kappa shape index (κ2) is 3.50. The molecular formula is C10H16N2O. The zero-order chi connectivity index (χ0) is 9.26. The molecule has 1 aliphatic carbocycles. The van der Waals surface area contributed by atoms with Gasteiger partial charge in [-0.2, -0.15) is 0 Å². The molecule has 0 aromatic heterocycles. The van der Waals surface area contributed by atoms with Crippen LogP contribution in [0.2, 0.25) is 0 Å². The predicted molar refractivity (Wildman–Crippen MR) is 51.0 cm³/mol. The van der Waals surface area contributed by atoms with E-state index in [1.165, 1.54) is 0 Å². The number of rotatable bonds is 2. The summed E-state index contributed by atoms with van der Waals surface area (Å²) in [5.41, 5.74) is 5.61. The van der Waals surface area contributed by atoms with Crippen LogP contribution in [0.15, 0.2) is 12.2 Å². The molecule has 2 aliphatic rings. The highest BCUT2D eigenvalue weighted by Crippen LogP contribution is 2.22. The SMILES string of the molecule is NC1CN(C(=O)CC2C=CCC2)C1. The third-order valence-corrected chi connectivity index (χ3v) is 2.81. The van der Waals surface area contributed by atoms with Crippen molar-refractivity contribution in [2.24, 2.45) is 11.7 Å². The van der Waals surface area contributed by atoms with Gasteiger partial charge in [-0.05, 0) is 18.8 Å². The lowest BCUT2D eigenvalue weighted by atomic mass is 10.0. The number of carbonyl (C=O) groups excluding carboxylic acids is 1. The maximum absolute atomic E-state index is 11.6. The molecule has 1 unspecified atom stereocenters. The first-order chi connectivity index (χ1) is 6.25. The standard InChI is InChI=1S/C10H16N2O/c11-9-6-12(7-9)10(13)5-8-3-1-2-4-8/h1,3,8-9H,2,4-7,11H2. The van der Waals surface area contributed by atoms with Crippen LogP contribution in [0.3, 0.4) is 0 Å². The summed E-state index contributed by atoms with van der Waals surface area (Å²) in [6, 6.07) is 0.225. The van der Waals surface area contributed by atoms with Crippen LogP contribution in [0.5, 0.6) is 0 Å². The summed E-state index contributed by atoms with van der Waals surface area (Å²) >= 11 is 0. The second-order valence-corrected chi connectivity index (χ2v) is 4.03. The van der Waals surface area contributed by atoms with E-state index < -0.39 is 0 Å². The Labute approximate surface area is 78.6 Å². The molecular weight excluding hydrogens is 164 g/mol. The summed E-state index contributed by atoms with van der Waals surface area (Å²) < 4.78 is 0. The van der Waals surface area contributed by atoms with Crippen LogP contribution in [0.4, 0.5) is 0 Å². The summed E-state index contributed by atoms with van der Waals surface area (Å²) in [6.45, 7) is 1.52. The molecule has 72 valence electrons. The molecule has 13 heavy (non-hydrogen) atoms. The van der Waals surface area contributed by atoms with E-state index in [2.05, 4.69) is 12.2 Å². The summed E-state index contributed by atoms with van der Waals surface area (Å²) in [4.78, 5) is 13.4. The maximum Gasteiger partial charge on any atom is 0.223 e. The average molecular weight is 180 g/mol. The van der Waals surface area contributed by atoms with E-state index in [-0.39, 0.29) is 11.9 Å². The minimum absolute atomic E-state index is 0.225. The zero-order valence-corrected chi connectivity index (χ0v) is 7.78. The van der Waals surface area contributed by atoms with Gasteiger partial charge in [-0.3, -0.25) is 4.79 Å². The highest BCUT2D eigenvalue weighted by molar-refractivity contribution is 5.77. The molecule has 2 N–H and O–H groups in total. The Morgan fingerprint density at radius 3 is 2.85 bits per heavy atom. The Bertz CT molecular complexity index is 231. The number of nitrogens with two attached hydrogens (primary N) is 1. The highest BCUT2D eigenvalue weighted by atomic mass is 16.2. The van der Waals surface area contributed by atoms with Crippen molar-refractivity contribution in [2.45, 2.75) is 25.3 Å². The molecule has 1 aliphatic heterocycles. The van der Waals surface area contributed by atoms with Crippen molar-refractivity contribution >= 4 is 5.91 Å². The summed E-state index contributed by atoms with van der Waals surface area (Å²) in [5.74, 6) is 0.766. The van der Waals surface area contributed by atoms with E-state index in [9.17, 15) is 4.79 Å². The largest absolute Gasteiger partial charge is 0.339 e. The van der Waals surface area contributed by atoms with Gasteiger partial charge in [-0.1, -0.05) is 12.2 Å². The number of allylic oxidation sites excluding steroid dienone is 2. The maximum atomic E-state index is 11.6. The van der Waals surface area contributed by atoms with Gasteiger partial charge in [0.2, 0.25) is 5.91 Å².